The molecule has 0 spiro atoms. The lowest BCUT2D eigenvalue weighted by molar-refractivity contribution is -0.143. The lowest BCUT2D eigenvalue weighted by Gasteiger charge is -1.99. The molecule has 1 aliphatic carbocycles. The van der Waals surface area contributed by atoms with E-state index in [1.54, 1.807) is 0 Å². The molecule has 1 saturated carbocycles. The zero-order valence-corrected chi connectivity index (χ0v) is 9.20. The Balaban J connectivity index is 2.71. The van der Waals surface area contributed by atoms with Crippen molar-refractivity contribution in [2.75, 3.05) is 13.7 Å². The zero-order valence-electron chi connectivity index (χ0n) is 9.20. The molecule has 0 aliphatic heterocycles. The minimum absolute atomic E-state index is 0.0243. The van der Waals surface area contributed by atoms with E-state index >= 15 is 0 Å². The fourth-order valence-electron chi connectivity index (χ4n) is 1.93. The molecule has 0 heterocycles. The molecule has 14 heavy (non-hydrogen) atoms. The van der Waals surface area contributed by atoms with Gasteiger partial charge in [0.15, 0.2) is 0 Å². The molecular formula is C11H18O3. The molecule has 1 N–H and O–H groups in total. The molecular weight excluding hydrogens is 180 g/mol. The Hall–Kier alpha value is -0.830. The van der Waals surface area contributed by atoms with Gasteiger partial charge in [0.25, 0.3) is 0 Å². The lowest BCUT2D eigenvalue weighted by Crippen LogP contribution is -2.07. The summed E-state index contributed by atoms with van der Waals surface area (Å²) in [4.78, 5) is 11.4. The van der Waals surface area contributed by atoms with E-state index in [4.69, 9.17) is 9.84 Å². The Labute approximate surface area is 84.8 Å². The average molecular weight is 198 g/mol. The fourth-order valence-corrected chi connectivity index (χ4v) is 1.93. The van der Waals surface area contributed by atoms with E-state index in [2.05, 4.69) is 0 Å². The van der Waals surface area contributed by atoms with Crippen molar-refractivity contribution in [3.63, 3.8) is 0 Å². The highest BCUT2D eigenvalue weighted by Crippen LogP contribution is 2.59. The second-order valence-electron chi connectivity index (χ2n) is 4.52. The van der Waals surface area contributed by atoms with Crippen molar-refractivity contribution < 1.29 is 14.6 Å². The van der Waals surface area contributed by atoms with Crippen molar-refractivity contribution in [3.8, 4) is 0 Å². The van der Waals surface area contributed by atoms with Gasteiger partial charge in [-0.15, -0.1) is 0 Å². The van der Waals surface area contributed by atoms with Crippen LogP contribution in [0.3, 0.4) is 0 Å². The number of methoxy groups -OCH3 is 1. The van der Waals surface area contributed by atoms with Gasteiger partial charge in [-0.25, -0.2) is 0 Å². The first-order valence-electron chi connectivity index (χ1n) is 4.81. The van der Waals surface area contributed by atoms with Crippen LogP contribution in [-0.4, -0.2) is 24.8 Å². The first-order valence-corrected chi connectivity index (χ1v) is 4.81. The number of rotatable bonds is 3. The highest BCUT2D eigenvalue weighted by atomic mass is 16.5. The minimum atomic E-state index is -0.151. The third-order valence-corrected chi connectivity index (χ3v) is 3.08. The van der Waals surface area contributed by atoms with E-state index in [-0.39, 0.29) is 29.8 Å². The third-order valence-electron chi connectivity index (χ3n) is 3.08. The van der Waals surface area contributed by atoms with Crippen LogP contribution in [0, 0.1) is 17.3 Å². The van der Waals surface area contributed by atoms with Gasteiger partial charge in [0, 0.05) is 0 Å². The fraction of sp³-hybridized carbons (Fsp3) is 0.727. The van der Waals surface area contributed by atoms with Gasteiger partial charge >= 0.3 is 5.97 Å². The number of allylic oxidation sites excluding steroid dienone is 1. The lowest BCUT2D eigenvalue weighted by atomic mass is 10.1. The standard InChI is InChI=1S/C11H18O3/c1-7(6-12)5-8-9(10(13)14-4)11(8,2)3/h5,8-9,12H,6H2,1-4H3/b7-5+/t8-,9+/m0/s1. The monoisotopic (exact) mass is 198 g/mol. The van der Waals surface area contributed by atoms with Gasteiger partial charge in [0.1, 0.15) is 0 Å². The number of carbonyl (C=O) groups excluding carboxylic acids is 1. The van der Waals surface area contributed by atoms with E-state index in [1.807, 2.05) is 26.8 Å². The maximum absolute atomic E-state index is 11.4. The minimum Gasteiger partial charge on any atom is -0.469 e. The Morgan fingerprint density at radius 3 is 2.57 bits per heavy atom. The number of hydrogen-bond donors (Lipinski definition) is 1. The van der Waals surface area contributed by atoms with E-state index in [0.29, 0.717) is 0 Å². The molecule has 0 unspecified atom stereocenters. The van der Waals surface area contributed by atoms with Gasteiger partial charge in [0.2, 0.25) is 0 Å². The maximum Gasteiger partial charge on any atom is 0.309 e. The van der Waals surface area contributed by atoms with Gasteiger partial charge in [-0.2, -0.15) is 0 Å². The molecule has 0 aromatic heterocycles. The average Bonchev–Trinajstić information content (AvgIpc) is 2.67. The van der Waals surface area contributed by atoms with Crippen LogP contribution < -0.4 is 0 Å². The summed E-state index contributed by atoms with van der Waals surface area (Å²) in [5.41, 5.74) is 0.887. The van der Waals surface area contributed by atoms with Crippen LogP contribution in [0.5, 0.6) is 0 Å². The van der Waals surface area contributed by atoms with E-state index in [1.165, 1.54) is 7.11 Å². The van der Waals surface area contributed by atoms with Crippen LogP contribution in [0.2, 0.25) is 0 Å². The normalized spacial score (nSPS) is 29.9. The van der Waals surface area contributed by atoms with Crippen molar-refractivity contribution in [3.05, 3.63) is 11.6 Å². The largest absolute Gasteiger partial charge is 0.469 e. The van der Waals surface area contributed by atoms with Crippen molar-refractivity contribution in [2.24, 2.45) is 17.3 Å². The van der Waals surface area contributed by atoms with Crippen LogP contribution in [0.1, 0.15) is 20.8 Å². The molecule has 2 atom stereocenters. The maximum atomic E-state index is 11.4. The van der Waals surface area contributed by atoms with E-state index in [0.717, 1.165) is 5.57 Å². The van der Waals surface area contributed by atoms with Crippen molar-refractivity contribution in [1.82, 2.24) is 0 Å². The molecule has 1 rings (SSSR count). The van der Waals surface area contributed by atoms with E-state index < -0.39 is 0 Å². The number of esters is 1. The molecule has 0 saturated heterocycles. The summed E-state index contributed by atoms with van der Waals surface area (Å²) in [5.74, 6) is 0.0121. The van der Waals surface area contributed by atoms with Crippen molar-refractivity contribution in [1.29, 1.82) is 0 Å². The number of aliphatic hydroxyl groups excluding tert-OH is 1. The molecule has 3 heteroatoms. The van der Waals surface area contributed by atoms with Gasteiger partial charge in [-0.1, -0.05) is 25.5 Å². The summed E-state index contributed by atoms with van der Waals surface area (Å²) in [5, 5.41) is 8.88. The summed E-state index contributed by atoms with van der Waals surface area (Å²) < 4.78 is 4.72. The highest BCUT2D eigenvalue weighted by molar-refractivity contribution is 5.78. The summed E-state index contributed by atoms with van der Waals surface area (Å²) in [7, 11) is 1.41. The van der Waals surface area contributed by atoms with Gasteiger partial charge < -0.3 is 9.84 Å². The predicted molar refractivity (Wildman–Crippen MR) is 53.6 cm³/mol. The van der Waals surface area contributed by atoms with Gasteiger partial charge in [-0.05, 0) is 18.3 Å². The van der Waals surface area contributed by atoms with E-state index in [9.17, 15) is 4.79 Å². The number of ether oxygens (including phenoxy) is 1. The topological polar surface area (TPSA) is 46.5 Å². The molecule has 1 aliphatic rings. The third kappa shape index (κ3) is 1.82. The van der Waals surface area contributed by atoms with Crippen LogP contribution in [0.25, 0.3) is 0 Å². The van der Waals surface area contributed by atoms with Gasteiger partial charge in [0.05, 0.1) is 19.6 Å². The quantitative estimate of drug-likeness (QED) is 0.550. The Kier molecular flexibility index (Phi) is 3.00. The molecule has 1 fully saturated rings. The SMILES string of the molecule is COC(=O)[C@H]1[C@H](/C=C(\C)CO)C1(C)C. The van der Waals surface area contributed by atoms with Crippen molar-refractivity contribution >= 4 is 5.97 Å². The number of carbonyl (C=O) groups is 1. The summed E-state index contributed by atoms with van der Waals surface area (Å²) in [6.07, 6.45) is 1.97. The predicted octanol–water partition coefficient (Wildman–Crippen LogP) is 1.37. The highest BCUT2D eigenvalue weighted by Gasteiger charge is 2.61. The number of hydrogen-bond acceptors (Lipinski definition) is 3. The Bertz CT molecular complexity index is 266. The van der Waals surface area contributed by atoms with Crippen molar-refractivity contribution in [2.45, 2.75) is 20.8 Å². The first-order chi connectivity index (χ1) is 6.45. The molecule has 0 bridgehead atoms. The molecule has 80 valence electrons. The first kappa shape index (κ1) is 11.2. The second-order valence-corrected chi connectivity index (χ2v) is 4.52. The summed E-state index contributed by atoms with van der Waals surface area (Å²) >= 11 is 0. The summed E-state index contributed by atoms with van der Waals surface area (Å²) in [6.45, 7) is 6.00. The smallest absolute Gasteiger partial charge is 0.309 e. The van der Waals surface area contributed by atoms with Crippen LogP contribution >= 0.6 is 0 Å². The Morgan fingerprint density at radius 2 is 2.14 bits per heavy atom. The Morgan fingerprint density at radius 1 is 1.57 bits per heavy atom. The van der Waals surface area contributed by atoms with Gasteiger partial charge in [-0.3, -0.25) is 4.79 Å². The number of aliphatic hydroxyl groups is 1. The molecule has 3 nitrogen and oxygen atoms in total. The molecule has 0 amide bonds. The molecule has 0 aromatic carbocycles. The second kappa shape index (κ2) is 3.73. The summed E-state index contributed by atoms with van der Waals surface area (Å²) in [6, 6.07) is 0. The van der Waals surface area contributed by atoms with Crippen LogP contribution in [-0.2, 0) is 9.53 Å². The van der Waals surface area contributed by atoms with Crippen LogP contribution in [0.4, 0.5) is 0 Å². The zero-order chi connectivity index (χ0) is 10.9. The molecule has 0 aromatic rings. The molecule has 0 radical (unpaired) electrons. The van der Waals surface area contributed by atoms with Crippen LogP contribution in [0.15, 0.2) is 11.6 Å².